The first-order valence-corrected chi connectivity index (χ1v) is 8.46. The van der Waals surface area contributed by atoms with E-state index in [0.29, 0.717) is 18.1 Å². The Kier molecular flexibility index (Phi) is 5.86. The molecule has 19 heavy (non-hydrogen) atoms. The lowest BCUT2D eigenvalue weighted by atomic mass is 9.81. The van der Waals surface area contributed by atoms with Gasteiger partial charge in [-0.25, -0.2) is 0 Å². The molecule has 1 aromatic heterocycles. The highest BCUT2D eigenvalue weighted by Gasteiger charge is 2.32. The third-order valence-corrected chi connectivity index (χ3v) is 5.23. The van der Waals surface area contributed by atoms with Crippen molar-refractivity contribution < 1.29 is 4.74 Å². The van der Waals surface area contributed by atoms with E-state index in [1.54, 1.807) is 0 Å². The molecule has 2 atom stereocenters. The van der Waals surface area contributed by atoms with Crippen LogP contribution in [-0.2, 0) is 4.74 Å². The molecule has 108 valence electrons. The summed E-state index contributed by atoms with van der Waals surface area (Å²) < 4.78 is 5.93. The van der Waals surface area contributed by atoms with Gasteiger partial charge in [-0.05, 0) is 49.2 Å². The van der Waals surface area contributed by atoms with Crippen LogP contribution in [0.2, 0.25) is 0 Å². The molecule has 1 aliphatic carbocycles. The lowest BCUT2D eigenvalue weighted by Gasteiger charge is -2.35. The van der Waals surface area contributed by atoms with Crippen LogP contribution in [0.4, 0.5) is 0 Å². The van der Waals surface area contributed by atoms with Crippen molar-refractivity contribution in [1.29, 1.82) is 0 Å². The van der Waals surface area contributed by atoms with Crippen LogP contribution in [0.5, 0.6) is 0 Å². The predicted molar refractivity (Wildman–Crippen MR) is 82.8 cm³/mol. The number of nitrogens with one attached hydrogen (secondary N) is 1. The summed E-state index contributed by atoms with van der Waals surface area (Å²) in [7, 11) is 1.88. The van der Waals surface area contributed by atoms with Gasteiger partial charge in [-0.15, -0.1) is 11.3 Å². The molecule has 0 amide bonds. The first-order chi connectivity index (χ1) is 9.27. The van der Waals surface area contributed by atoms with Crippen molar-refractivity contribution in [1.82, 2.24) is 5.32 Å². The fraction of sp³-hybridized carbons (Fsp3) is 0.750. The Bertz CT molecular complexity index is 371. The molecule has 2 rings (SSSR count). The van der Waals surface area contributed by atoms with E-state index in [9.17, 15) is 0 Å². The van der Waals surface area contributed by atoms with Crippen molar-refractivity contribution in [3.05, 3.63) is 21.9 Å². The maximum Gasteiger partial charge on any atom is 0.0794 e. The molecule has 0 bridgehead atoms. The normalized spacial score (nSPS) is 20.4. The summed E-state index contributed by atoms with van der Waals surface area (Å²) in [6, 6.07) is 2.62. The smallest absolute Gasteiger partial charge is 0.0794 e. The fourth-order valence-electron chi connectivity index (χ4n) is 3.40. The number of aryl methyl sites for hydroxylation is 1. The Morgan fingerprint density at radius 1 is 1.37 bits per heavy atom. The van der Waals surface area contributed by atoms with E-state index < -0.39 is 0 Å². The van der Waals surface area contributed by atoms with Crippen molar-refractivity contribution in [3.8, 4) is 0 Å². The van der Waals surface area contributed by atoms with E-state index in [1.165, 1.54) is 42.5 Å². The SMILES string of the molecule is CCNC(c1ccsc1C)C(OC)C1CCCCC1. The molecule has 1 aromatic rings. The predicted octanol–water partition coefficient (Wildman–Crippen LogP) is 4.30. The number of hydrogen-bond donors (Lipinski definition) is 1. The quantitative estimate of drug-likeness (QED) is 0.839. The second-order valence-electron chi connectivity index (χ2n) is 5.57. The summed E-state index contributed by atoms with van der Waals surface area (Å²) in [4.78, 5) is 1.42. The van der Waals surface area contributed by atoms with Gasteiger partial charge in [0.25, 0.3) is 0 Å². The second kappa shape index (κ2) is 7.41. The van der Waals surface area contributed by atoms with E-state index in [0.717, 1.165) is 6.54 Å². The van der Waals surface area contributed by atoms with E-state index in [4.69, 9.17) is 4.74 Å². The first-order valence-electron chi connectivity index (χ1n) is 7.58. The van der Waals surface area contributed by atoms with Gasteiger partial charge in [-0.2, -0.15) is 0 Å². The monoisotopic (exact) mass is 281 g/mol. The largest absolute Gasteiger partial charge is 0.379 e. The van der Waals surface area contributed by atoms with E-state index >= 15 is 0 Å². The Balaban J connectivity index is 2.17. The zero-order valence-electron chi connectivity index (χ0n) is 12.4. The van der Waals surface area contributed by atoms with Gasteiger partial charge in [0.1, 0.15) is 0 Å². The maximum atomic E-state index is 5.93. The molecule has 0 saturated heterocycles. The average Bonchev–Trinajstić information content (AvgIpc) is 2.86. The molecule has 2 unspecified atom stereocenters. The lowest BCUT2D eigenvalue weighted by molar-refractivity contribution is 0.00789. The van der Waals surface area contributed by atoms with E-state index in [2.05, 4.69) is 30.6 Å². The van der Waals surface area contributed by atoms with Crippen molar-refractivity contribution in [2.45, 2.75) is 58.1 Å². The summed E-state index contributed by atoms with van der Waals surface area (Å²) in [5.41, 5.74) is 1.43. The number of rotatable bonds is 6. The van der Waals surface area contributed by atoms with Crippen LogP contribution in [0.15, 0.2) is 11.4 Å². The van der Waals surface area contributed by atoms with Crippen LogP contribution in [0.25, 0.3) is 0 Å². The molecule has 3 heteroatoms. The second-order valence-corrected chi connectivity index (χ2v) is 6.69. The van der Waals surface area contributed by atoms with Gasteiger partial charge in [-0.1, -0.05) is 26.2 Å². The molecule has 0 radical (unpaired) electrons. The molecule has 1 heterocycles. The van der Waals surface area contributed by atoms with E-state index in [1.807, 2.05) is 18.4 Å². The molecule has 1 aliphatic rings. The molecule has 0 aromatic carbocycles. The van der Waals surface area contributed by atoms with Gasteiger partial charge in [0.15, 0.2) is 0 Å². The van der Waals surface area contributed by atoms with E-state index in [-0.39, 0.29) is 0 Å². The number of ether oxygens (including phenoxy) is 1. The Morgan fingerprint density at radius 2 is 2.11 bits per heavy atom. The van der Waals surface area contributed by atoms with Crippen LogP contribution >= 0.6 is 11.3 Å². The highest BCUT2D eigenvalue weighted by Crippen LogP contribution is 2.36. The van der Waals surface area contributed by atoms with Crippen LogP contribution in [0.3, 0.4) is 0 Å². The molecule has 0 aliphatic heterocycles. The lowest BCUT2D eigenvalue weighted by Crippen LogP contribution is -2.39. The standard InChI is InChI=1S/C16H27NOS/c1-4-17-15(14-10-11-19-12(14)2)16(18-3)13-8-6-5-7-9-13/h10-11,13,15-17H,4-9H2,1-3H3. The Hall–Kier alpha value is -0.380. The fourth-order valence-corrected chi connectivity index (χ4v) is 4.15. The summed E-state index contributed by atoms with van der Waals surface area (Å²) >= 11 is 1.84. The van der Waals surface area contributed by atoms with Gasteiger partial charge in [-0.3, -0.25) is 0 Å². The van der Waals surface area contributed by atoms with Crippen molar-refractivity contribution in [2.24, 2.45) is 5.92 Å². The molecular formula is C16H27NOS. The van der Waals surface area contributed by atoms with Crippen LogP contribution in [-0.4, -0.2) is 19.8 Å². The number of thiophene rings is 1. The average molecular weight is 281 g/mol. The topological polar surface area (TPSA) is 21.3 Å². The van der Waals surface area contributed by atoms with Gasteiger partial charge in [0, 0.05) is 12.0 Å². The van der Waals surface area contributed by atoms with Gasteiger partial charge in [0.2, 0.25) is 0 Å². The third-order valence-electron chi connectivity index (χ3n) is 4.37. The third kappa shape index (κ3) is 3.59. The highest BCUT2D eigenvalue weighted by molar-refractivity contribution is 7.10. The number of methoxy groups -OCH3 is 1. The summed E-state index contributed by atoms with van der Waals surface area (Å²) in [5.74, 6) is 0.710. The zero-order valence-corrected chi connectivity index (χ0v) is 13.3. The minimum atomic E-state index is 0.313. The van der Waals surface area contributed by atoms with Crippen molar-refractivity contribution >= 4 is 11.3 Å². The van der Waals surface area contributed by atoms with Crippen LogP contribution in [0, 0.1) is 12.8 Å². The molecule has 1 N–H and O–H groups in total. The Labute approximate surface area is 121 Å². The maximum absolute atomic E-state index is 5.93. The Morgan fingerprint density at radius 3 is 2.63 bits per heavy atom. The van der Waals surface area contributed by atoms with Gasteiger partial charge < -0.3 is 10.1 Å². The van der Waals surface area contributed by atoms with Crippen molar-refractivity contribution in [2.75, 3.05) is 13.7 Å². The highest BCUT2D eigenvalue weighted by atomic mass is 32.1. The molecule has 0 spiro atoms. The van der Waals surface area contributed by atoms with Crippen molar-refractivity contribution in [3.63, 3.8) is 0 Å². The summed E-state index contributed by atoms with van der Waals surface area (Å²) in [5, 5.41) is 5.85. The molecule has 2 nitrogen and oxygen atoms in total. The molecule has 1 saturated carbocycles. The summed E-state index contributed by atoms with van der Waals surface area (Å²) in [6.45, 7) is 5.40. The van der Waals surface area contributed by atoms with Gasteiger partial charge >= 0.3 is 0 Å². The molecule has 1 fully saturated rings. The first kappa shape index (κ1) is 15.0. The summed E-state index contributed by atoms with van der Waals surface area (Å²) in [6.07, 6.45) is 7.09. The molecular weight excluding hydrogens is 254 g/mol. The van der Waals surface area contributed by atoms with Crippen LogP contribution < -0.4 is 5.32 Å². The zero-order chi connectivity index (χ0) is 13.7. The van der Waals surface area contributed by atoms with Crippen LogP contribution in [0.1, 0.15) is 55.5 Å². The number of hydrogen-bond acceptors (Lipinski definition) is 3. The minimum Gasteiger partial charge on any atom is -0.379 e. The van der Waals surface area contributed by atoms with Gasteiger partial charge in [0.05, 0.1) is 12.1 Å². The number of likely N-dealkylation sites (N-methyl/N-ethyl adjacent to an activating group) is 1. The minimum absolute atomic E-state index is 0.313.